The van der Waals surface area contributed by atoms with E-state index >= 15 is 0 Å². The molecule has 1 heterocycles. The third-order valence-corrected chi connectivity index (χ3v) is 7.04. The van der Waals surface area contributed by atoms with Crippen LogP contribution in [0.1, 0.15) is 28.8 Å². The molecule has 2 N–H and O–H groups in total. The van der Waals surface area contributed by atoms with Crippen molar-refractivity contribution >= 4 is 45.9 Å². The molecule has 188 valence electrons. The second-order valence-corrected chi connectivity index (χ2v) is 10.1. The fourth-order valence-corrected chi connectivity index (χ4v) is 4.85. The van der Waals surface area contributed by atoms with Crippen LogP contribution in [0.3, 0.4) is 0 Å². The second-order valence-electron chi connectivity index (χ2n) is 8.89. The molecule has 0 radical (unpaired) electrons. The van der Waals surface area contributed by atoms with Crippen LogP contribution in [0, 0.1) is 3.57 Å². The van der Waals surface area contributed by atoms with Gasteiger partial charge in [0, 0.05) is 53.7 Å². The summed E-state index contributed by atoms with van der Waals surface area (Å²) in [7, 11) is 3.21. The number of nitrogens with one attached hydrogen (secondary N) is 2. The molecule has 3 aromatic carbocycles. The van der Waals surface area contributed by atoms with Crippen LogP contribution in [0.2, 0.25) is 0 Å². The summed E-state index contributed by atoms with van der Waals surface area (Å²) in [6, 6.07) is 23.1. The Balaban J connectivity index is 1.34. The van der Waals surface area contributed by atoms with Crippen molar-refractivity contribution in [1.29, 1.82) is 0 Å². The van der Waals surface area contributed by atoms with E-state index in [0.717, 1.165) is 41.7 Å². The lowest BCUT2D eigenvalue weighted by Gasteiger charge is -2.32. The molecule has 4 rings (SSSR count). The minimum absolute atomic E-state index is 0.121. The fraction of sp³-hybridized carbons (Fsp3) is 0.286. The number of urea groups is 1. The molecule has 0 atom stereocenters. The lowest BCUT2D eigenvalue weighted by molar-refractivity contribution is 0.0906. The van der Waals surface area contributed by atoms with Crippen LogP contribution in [-0.4, -0.2) is 50.1 Å². The lowest BCUT2D eigenvalue weighted by Crippen LogP contribution is -2.44. The highest BCUT2D eigenvalue weighted by molar-refractivity contribution is 14.1. The van der Waals surface area contributed by atoms with Gasteiger partial charge in [0.25, 0.3) is 5.91 Å². The zero-order chi connectivity index (χ0) is 25.5. The second kappa shape index (κ2) is 12.2. The molecule has 3 aromatic rings. The predicted octanol–water partition coefficient (Wildman–Crippen LogP) is 5.36. The summed E-state index contributed by atoms with van der Waals surface area (Å²) >= 11 is 2.20. The molecule has 0 aliphatic carbocycles. The molecule has 1 fully saturated rings. The molecule has 3 amide bonds. The summed E-state index contributed by atoms with van der Waals surface area (Å²) in [6.07, 6.45) is 1.81. The summed E-state index contributed by atoms with van der Waals surface area (Å²) in [4.78, 5) is 29.7. The van der Waals surface area contributed by atoms with Gasteiger partial charge in [-0.15, -0.1) is 0 Å². The molecule has 1 saturated heterocycles. The number of amides is 3. The van der Waals surface area contributed by atoms with Crippen LogP contribution in [0.25, 0.3) is 0 Å². The number of ether oxygens (including phenoxy) is 1. The number of benzene rings is 3. The van der Waals surface area contributed by atoms with Crippen molar-refractivity contribution in [3.05, 3.63) is 87.5 Å². The number of nitrogens with zero attached hydrogens (tertiary/aromatic N) is 2. The highest BCUT2D eigenvalue weighted by atomic mass is 127. The number of carbonyl (C=O) groups is 2. The SMILES string of the molecule is COc1cc(N(C)C(=O)Nc2cccc(I)c2)ccc1C(=O)NC1CCN(Cc2ccccc2)CC1. The van der Waals surface area contributed by atoms with E-state index in [9.17, 15) is 9.59 Å². The summed E-state index contributed by atoms with van der Waals surface area (Å²) in [6.45, 7) is 2.81. The Kier molecular flexibility index (Phi) is 8.82. The topological polar surface area (TPSA) is 73.9 Å². The first-order valence-corrected chi connectivity index (χ1v) is 13.1. The first kappa shape index (κ1) is 26.0. The third kappa shape index (κ3) is 6.76. The molecule has 8 heteroatoms. The van der Waals surface area contributed by atoms with Gasteiger partial charge < -0.3 is 15.4 Å². The fourth-order valence-electron chi connectivity index (χ4n) is 4.31. The van der Waals surface area contributed by atoms with Gasteiger partial charge in [-0.1, -0.05) is 36.4 Å². The molecule has 36 heavy (non-hydrogen) atoms. The molecule has 0 saturated carbocycles. The number of rotatable bonds is 7. The van der Waals surface area contributed by atoms with Gasteiger partial charge in [0.1, 0.15) is 5.75 Å². The van der Waals surface area contributed by atoms with Gasteiger partial charge in [-0.05, 0) is 71.3 Å². The Morgan fingerprint density at radius 3 is 2.47 bits per heavy atom. The standard InChI is InChI=1S/C28H31IN4O3/c1-32(28(35)31-23-10-6-9-21(29)17-23)24-11-12-25(26(18-24)36-2)27(34)30-22-13-15-33(16-14-22)19-20-7-4-3-5-8-20/h3-12,17-18,22H,13-16,19H2,1-2H3,(H,30,34)(H,31,35). The number of anilines is 2. The van der Waals surface area contributed by atoms with E-state index in [-0.39, 0.29) is 18.0 Å². The third-order valence-electron chi connectivity index (χ3n) is 6.37. The summed E-state index contributed by atoms with van der Waals surface area (Å²) < 4.78 is 6.55. The van der Waals surface area contributed by atoms with Gasteiger partial charge in [0.05, 0.1) is 12.7 Å². The molecule has 1 aliphatic rings. The van der Waals surface area contributed by atoms with Gasteiger partial charge in [-0.3, -0.25) is 14.6 Å². The lowest BCUT2D eigenvalue weighted by atomic mass is 10.0. The number of likely N-dealkylation sites (tertiary alicyclic amines) is 1. The maximum Gasteiger partial charge on any atom is 0.326 e. The van der Waals surface area contributed by atoms with E-state index in [1.54, 1.807) is 25.2 Å². The van der Waals surface area contributed by atoms with Crippen molar-refractivity contribution in [3.63, 3.8) is 0 Å². The maximum absolute atomic E-state index is 13.1. The zero-order valence-corrected chi connectivity index (χ0v) is 22.7. The summed E-state index contributed by atoms with van der Waals surface area (Å²) in [5, 5.41) is 6.05. The molecular formula is C28H31IN4O3. The monoisotopic (exact) mass is 598 g/mol. The zero-order valence-electron chi connectivity index (χ0n) is 20.5. The van der Waals surface area contributed by atoms with E-state index in [0.29, 0.717) is 17.0 Å². The maximum atomic E-state index is 13.1. The van der Waals surface area contributed by atoms with Crippen molar-refractivity contribution in [2.24, 2.45) is 0 Å². The molecule has 0 spiro atoms. The van der Waals surface area contributed by atoms with E-state index in [1.807, 2.05) is 30.3 Å². The molecule has 0 bridgehead atoms. The van der Waals surface area contributed by atoms with Crippen molar-refractivity contribution in [3.8, 4) is 5.75 Å². The molecule has 0 unspecified atom stereocenters. The number of piperidine rings is 1. The summed E-state index contributed by atoms with van der Waals surface area (Å²) in [5.41, 5.74) is 3.11. The Morgan fingerprint density at radius 1 is 1.03 bits per heavy atom. The normalized spacial score (nSPS) is 14.2. The average Bonchev–Trinajstić information content (AvgIpc) is 2.89. The van der Waals surface area contributed by atoms with Crippen molar-refractivity contribution in [2.75, 3.05) is 37.5 Å². The first-order chi connectivity index (χ1) is 17.4. The smallest absolute Gasteiger partial charge is 0.326 e. The van der Waals surface area contributed by atoms with Gasteiger partial charge in [0.15, 0.2) is 0 Å². The van der Waals surface area contributed by atoms with Crippen molar-refractivity contribution in [1.82, 2.24) is 10.2 Å². The van der Waals surface area contributed by atoms with Gasteiger partial charge in [0.2, 0.25) is 0 Å². The number of hydrogen-bond acceptors (Lipinski definition) is 4. The van der Waals surface area contributed by atoms with Crippen LogP contribution in [0.15, 0.2) is 72.8 Å². The van der Waals surface area contributed by atoms with Crippen molar-refractivity contribution < 1.29 is 14.3 Å². The quantitative estimate of drug-likeness (QED) is 0.359. The van der Waals surface area contributed by atoms with Crippen LogP contribution in [0.4, 0.5) is 16.2 Å². The minimum atomic E-state index is -0.279. The van der Waals surface area contributed by atoms with Gasteiger partial charge in [-0.2, -0.15) is 0 Å². The van der Waals surface area contributed by atoms with Crippen molar-refractivity contribution in [2.45, 2.75) is 25.4 Å². The average molecular weight is 598 g/mol. The Morgan fingerprint density at radius 2 is 1.78 bits per heavy atom. The largest absolute Gasteiger partial charge is 0.496 e. The summed E-state index contributed by atoms with van der Waals surface area (Å²) in [5.74, 6) is 0.270. The molecule has 1 aliphatic heterocycles. The van der Waals surface area contributed by atoms with Crippen LogP contribution >= 0.6 is 22.6 Å². The van der Waals surface area contributed by atoms with Crippen LogP contribution < -0.4 is 20.3 Å². The Bertz CT molecular complexity index is 1200. The van der Waals surface area contributed by atoms with Gasteiger partial charge in [-0.25, -0.2) is 4.79 Å². The van der Waals surface area contributed by atoms with Crippen LogP contribution in [-0.2, 0) is 6.54 Å². The number of halogens is 1. The molecule has 0 aromatic heterocycles. The highest BCUT2D eigenvalue weighted by Gasteiger charge is 2.23. The molecular weight excluding hydrogens is 567 g/mol. The highest BCUT2D eigenvalue weighted by Crippen LogP contribution is 2.26. The number of hydrogen-bond donors (Lipinski definition) is 2. The number of carbonyl (C=O) groups excluding carboxylic acids is 2. The molecule has 7 nitrogen and oxygen atoms in total. The predicted molar refractivity (Wildman–Crippen MR) is 152 cm³/mol. The van der Waals surface area contributed by atoms with E-state index in [2.05, 4.69) is 62.4 Å². The number of methoxy groups -OCH3 is 1. The Hall–Kier alpha value is -3.11. The van der Waals surface area contributed by atoms with Crippen LogP contribution in [0.5, 0.6) is 5.75 Å². The van der Waals surface area contributed by atoms with E-state index < -0.39 is 0 Å². The minimum Gasteiger partial charge on any atom is -0.496 e. The first-order valence-electron chi connectivity index (χ1n) is 12.0. The van der Waals surface area contributed by atoms with E-state index in [4.69, 9.17) is 4.74 Å². The Labute approximate surface area is 226 Å². The van der Waals surface area contributed by atoms with Gasteiger partial charge >= 0.3 is 6.03 Å². The van der Waals surface area contributed by atoms with E-state index in [1.165, 1.54) is 17.6 Å².